The van der Waals surface area contributed by atoms with Crippen LogP contribution < -0.4 is 15.5 Å². The topological polar surface area (TPSA) is 81.8 Å². The van der Waals surface area contributed by atoms with E-state index in [1.54, 1.807) is 36.2 Å². The lowest BCUT2D eigenvalue weighted by Crippen LogP contribution is -2.37. The molecule has 1 heterocycles. The summed E-state index contributed by atoms with van der Waals surface area (Å²) >= 11 is 0. The second-order valence-corrected chi connectivity index (χ2v) is 8.08. The van der Waals surface area contributed by atoms with Gasteiger partial charge in [-0.25, -0.2) is 0 Å². The molecule has 2 N–H and O–H groups in total. The summed E-state index contributed by atoms with van der Waals surface area (Å²) in [5.41, 5.74) is 2.75. The van der Waals surface area contributed by atoms with E-state index in [0.717, 1.165) is 37.3 Å². The fourth-order valence-corrected chi connectivity index (χ4v) is 3.50. The first-order valence-electron chi connectivity index (χ1n) is 10.6. The zero-order valence-electron chi connectivity index (χ0n) is 18.4. The van der Waals surface area contributed by atoms with E-state index in [4.69, 9.17) is 0 Å². The monoisotopic (exact) mass is 422 g/mol. The Morgan fingerprint density at radius 2 is 1.71 bits per heavy atom. The third kappa shape index (κ3) is 6.07. The number of likely N-dealkylation sites (tertiary alicyclic amines) is 1. The molecule has 2 aromatic rings. The molecule has 31 heavy (non-hydrogen) atoms. The van der Waals surface area contributed by atoms with E-state index < -0.39 is 0 Å². The van der Waals surface area contributed by atoms with Crippen LogP contribution in [-0.4, -0.2) is 49.3 Å². The zero-order valence-corrected chi connectivity index (χ0v) is 18.4. The molecule has 0 bridgehead atoms. The Morgan fingerprint density at radius 3 is 2.35 bits per heavy atom. The lowest BCUT2D eigenvalue weighted by atomic mass is 9.98. The maximum absolute atomic E-state index is 12.7. The van der Waals surface area contributed by atoms with Crippen molar-refractivity contribution in [1.82, 2.24) is 4.90 Å². The first-order chi connectivity index (χ1) is 14.8. The zero-order chi connectivity index (χ0) is 22.4. The lowest BCUT2D eigenvalue weighted by Gasteiger charge is -2.30. The third-order valence-corrected chi connectivity index (χ3v) is 5.64. The fraction of sp³-hybridized carbons (Fsp3) is 0.375. The summed E-state index contributed by atoms with van der Waals surface area (Å²) in [4.78, 5) is 40.0. The van der Waals surface area contributed by atoms with Gasteiger partial charge in [-0.05, 0) is 61.2 Å². The van der Waals surface area contributed by atoms with Crippen molar-refractivity contribution in [3.05, 3.63) is 54.1 Å². The molecule has 1 saturated heterocycles. The van der Waals surface area contributed by atoms with Gasteiger partial charge in [-0.1, -0.05) is 13.0 Å². The van der Waals surface area contributed by atoms with E-state index in [0.29, 0.717) is 17.2 Å². The average molecular weight is 423 g/mol. The van der Waals surface area contributed by atoms with Crippen LogP contribution in [0.3, 0.4) is 0 Å². The Hall–Kier alpha value is -3.35. The minimum Gasteiger partial charge on any atom is -0.376 e. The Balaban J connectivity index is 1.53. The molecular formula is C24H30N4O3. The number of rotatable bonds is 6. The average Bonchev–Trinajstić information content (AvgIpc) is 2.77. The maximum atomic E-state index is 12.7. The van der Waals surface area contributed by atoms with Gasteiger partial charge in [0.15, 0.2) is 0 Å². The molecule has 0 saturated carbocycles. The van der Waals surface area contributed by atoms with Gasteiger partial charge in [0.05, 0.1) is 6.54 Å². The number of anilines is 3. The van der Waals surface area contributed by atoms with Gasteiger partial charge in [-0.2, -0.15) is 0 Å². The second-order valence-electron chi connectivity index (χ2n) is 8.08. The van der Waals surface area contributed by atoms with Crippen molar-refractivity contribution >= 4 is 34.8 Å². The standard InChI is InChI=1S/C24H30N4O3/c1-17-11-13-28(14-12-17)24(31)19-5-4-6-21(15-19)26-23(30)16-25-20-7-9-22(10-8-20)27(3)18(2)29/h4-10,15,17,25H,11-14,16H2,1-3H3,(H,26,30). The van der Waals surface area contributed by atoms with Crippen LogP contribution in [0.15, 0.2) is 48.5 Å². The number of carbonyl (C=O) groups is 3. The maximum Gasteiger partial charge on any atom is 0.253 e. The molecule has 7 nitrogen and oxygen atoms in total. The number of hydrogen-bond donors (Lipinski definition) is 2. The second kappa shape index (κ2) is 10.1. The van der Waals surface area contributed by atoms with Crippen molar-refractivity contribution in [1.29, 1.82) is 0 Å². The largest absolute Gasteiger partial charge is 0.376 e. The van der Waals surface area contributed by atoms with Crippen LogP contribution >= 0.6 is 0 Å². The molecule has 1 aliphatic rings. The highest BCUT2D eigenvalue weighted by Crippen LogP contribution is 2.20. The highest BCUT2D eigenvalue weighted by molar-refractivity contribution is 5.98. The summed E-state index contributed by atoms with van der Waals surface area (Å²) in [6.45, 7) is 5.37. The molecule has 0 aliphatic carbocycles. The smallest absolute Gasteiger partial charge is 0.253 e. The highest BCUT2D eigenvalue weighted by Gasteiger charge is 2.21. The first-order valence-corrected chi connectivity index (χ1v) is 10.6. The normalized spacial score (nSPS) is 14.1. The molecule has 0 spiro atoms. The van der Waals surface area contributed by atoms with E-state index in [-0.39, 0.29) is 24.3 Å². The molecule has 7 heteroatoms. The van der Waals surface area contributed by atoms with Gasteiger partial charge in [0.2, 0.25) is 11.8 Å². The van der Waals surface area contributed by atoms with Crippen LogP contribution in [0, 0.1) is 5.92 Å². The van der Waals surface area contributed by atoms with Crippen LogP contribution in [0.25, 0.3) is 0 Å². The van der Waals surface area contributed by atoms with Crippen molar-refractivity contribution < 1.29 is 14.4 Å². The number of nitrogens with zero attached hydrogens (tertiary/aromatic N) is 2. The molecule has 0 radical (unpaired) electrons. The molecule has 0 aromatic heterocycles. The quantitative estimate of drug-likeness (QED) is 0.745. The number of hydrogen-bond acceptors (Lipinski definition) is 4. The summed E-state index contributed by atoms with van der Waals surface area (Å²) in [7, 11) is 1.71. The number of amides is 3. The SMILES string of the molecule is CC(=O)N(C)c1ccc(NCC(=O)Nc2cccc(C(=O)N3CCC(C)CC3)c2)cc1. The van der Waals surface area contributed by atoms with Crippen LogP contribution in [0.2, 0.25) is 0 Å². The Labute approximate surface area is 183 Å². The van der Waals surface area contributed by atoms with Crippen molar-refractivity contribution in [2.45, 2.75) is 26.7 Å². The summed E-state index contributed by atoms with van der Waals surface area (Å²) in [5, 5.41) is 5.90. The van der Waals surface area contributed by atoms with E-state index in [1.807, 2.05) is 29.2 Å². The van der Waals surface area contributed by atoms with E-state index >= 15 is 0 Å². The van der Waals surface area contributed by atoms with Crippen molar-refractivity contribution in [2.24, 2.45) is 5.92 Å². The van der Waals surface area contributed by atoms with E-state index in [1.165, 1.54) is 6.92 Å². The Morgan fingerprint density at radius 1 is 1.03 bits per heavy atom. The summed E-state index contributed by atoms with van der Waals surface area (Å²) < 4.78 is 0. The van der Waals surface area contributed by atoms with Crippen LogP contribution in [0.5, 0.6) is 0 Å². The number of nitrogens with one attached hydrogen (secondary N) is 2. The van der Waals surface area contributed by atoms with Gasteiger partial charge in [0, 0.05) is 49.7 Å². The Bertz CT molecular complexity index is 934. The predicted octanol–water partition coefficient (Wildman–Crippen LogP) is 3.59. The van der Waals surface area contributed by atoms with Gasteiger partial charge >= 0.3 is 0 Å². The number of benzene rings is 2. The summed E-state index contributed by atoms with van der Waals surface area (Å²) in [6, 6.07) is 14.3. The van der Waals surface area contributed by atoms with Crippen molar-refractivity contribution in [3.8, 4) is 0 Å². The van der Waals surface area contributed by atoms with E-state index in [9.17, 15) is 14.4 Å². The molecule has 0 atom stereocenters. The minimum absolute atomic E-state index is 0.0109. The minimum atomic E-state index is -0.207. The van der Waals surface area contributed by atoms with Crippen molar-refractivity contribution in [2.75, 3.05) is 42.2 Å². The van der Waals surface area contributed by atoms with Gasteiger partial charge in [0.25, 0.3) is 5.91 Å². The number of carbonyl (C=O) groups excluding carboxylic acids is 3. The molecule has 2 aromatic carbocycles. The molecule has 1 aliphatic heterocycles. The van der Waals surface area contributed by atoms with Crippen LogP contribution in [-0.2, 0) is 9.59 Å². The molecule has 3 rings (SSSR count). The van der Waals surface area contributed by atoms with Gasteiger partial charge < -0.3 is 20.4 Å². The molecule has 3 amide bonds. The number of piperidine rings is 1. The summed E-state index contributed by atoms with van der Waals surface area (Å²) in [5.74, 6) is 0.419. The molecular weight excluding hydrogens is 392 g/mol. The molecule has 1 fully saturated rings. The molecule has 0 unspecified atom stereocenters. The summed E-state index contributed by atoms with van der Waals surface area (Å²) in [6.07, 6.45) is 2.06. The molecule has 164 valence electrons. The van der Waals surface area contributed by atoms with Gasteiger partial charge in [-0.15, -0.1) is 0 Å². The lowest BCUT2D eigenvalue weighted by molar-refractivity contribution is -0.116. The highest BCUT2D eigenvalue weighted by atomic mass is 16.2. The predicted molar refractivity (Wildman–Crippen MR) is 123 cm³/mol. The first kappa shape index (κ1) is 22.3. The van der Waals surface area contributed by atoms with Gasteiger partial charge in [-0.3, -0.25) is 14.4 Å². The van der Waals surface area contributed by atoms with Crippen LogP contribution in [0.4, 0.5) is 17.1 Å². The fourth-order valence-electron chi connectivity index (χ4n) is 3.50. The third-order valence-electron chi connectivity index (χ3n) is 5.64. The van der Waals surface area contributed by atoms with Crippen molar-refractivity contribution in [3.63, 3.8) is 0 Å². The Kier molecular flexibility index (Phi) is 7.28. The van der Waals surface area contributed by atoms with E-state index in [2.05, 4.69) is 17.6 Å². The van der Waals surface area contributed by atoms with Gasteiger partial charge in [0.1, 0.15) is 0 Å². The van der Waals surface area contributed by atoms with Crippen LogP contribution in [0.1, 0.15) is 37.0 Å².